The van der Waals surface area contributed by atoms with Crippen LogP contribution in [0.4, 0.5) is 5.69 Å². The van der Waals surface area contributed by atoms with Gasteiger partial charge in [-0.2, -0.15) is 0 Å². The van der Waals surface area contributed by atoms with Gasteiger partial charge in [0.15, 0.2) is 0 Å². The average molecular weight is 320 g/mol. The monoisotopic (exact) mass is 320 g/mol. The van der Waals surface area contributed by atoms with Crippen LogP contribution in [0.2, 0.25) is 0 Å². The summed E-state index contributed by atoms with van der Waals surface area (Å²) in [6.07, 6.45) is 6.35. The molecule has 1 amide bonds. The third-order valence-corrected chi connectivity index (χ3v) is 6.35. The Hall–Kier alpha value is -1.66. The van der Waals surface area contributed by atoms with Gasteiger partial charge in [0.1, 0.15) is 0 Å². The molecule has 3 atom stereocenters. The summed E-state index contributed by atoms with van der Waals surface area (Å²) < 4.78 is 25.2. The van der Waals surface area contributed by atoms with Crippen LogP contribution >= 0.6 is 0 Å². The molecule has 118 valence electrons. The number of allylic oxidation sites excluding steroid dienone is 2. The van der Waals surface area contributed by atoms with E-state index in [9.17, 15) is 13.2 Å². The van der Waals surface area contributed by atoms with Crippen molar-refractivity contribution in [1.82, 2.24) is 4.31 Å². The van der Waals surface area contributed by atoms with Crippen molar-refractivity contribution in [2.24, 2.45) is 17.8 Å². The van der Waals surface area contributed by atoms with Crippen molar-refractivity contribution in [3.8, 4) is 0 Å². The zero-order chi connectivity index (χ0) is 15.9. The van der Waals surface area contributed by atoms with E-state index in [-0.39, 0.29) is 16.7 Å². The maximum Gasteiger partial charge on any atom is 0.242 e. The fraction of sp³-hybridized carbons (Fsp3) is 0.438. The number of fused-ring (bicyclic) bond motifs is 2. The highest BCUT2D eigenvalue weighted by Gasteiger charge is 2.39. The normalized spacial score (nSPS) is 26.6. The number of sulfonamides is 1. The second-order valence-corrected chi connectivity index (χ2v) is 8.34. The highest BCUT2D eigenvalue weighted by Crippen LogP contribution is 2.43. The molecule has 1 saturated carbocycles. The number of nitrogens with zero attached hydrogens (tertiary/aromatic N) is 1. The summed E-state index contributed by atoms with van der Waals surface area (Å²) in [5.74, 6) is 0.979. The summed E-state index contributed by atoms with van der Waals surface area (Å²) in [6, 6.07) is 6.31. The molecule has 5 nitrogen and oxygen atoms in total. The van der Waals surface area contributed by atoms with Crippen LogP contribution in [0.25, 0.3) is 0 Å². The van der Waals surface area contributed by atoms with Gasteiger partial charge >= 0.3 is 0 Å². The molecule has 0 heterocycles. The molecular weight excluding hydrogens is 300 g/mol. The van der Waals surface area contributed by atoms with Gasteiger partial charge in [-0.05, 0) is 48.9 Å². The van der Waals surface area contributed by atoms with Gasteiger partial charge < -0.3 is 5.32 Å². The maximum atomic E-state index is 12.3. The number of hydrogen-bond acceptors (Lipinski definition) is 3. The molecule has 0 radical (unpaired) electrons. The summed E-state index contributed by atoms with van der Waals surface area (Å²) in [7, 11) is -0.446. The Kier molecular flexibility index (Phi) is 3.82. The highest BCUT2D eigenvalue weighted by molar-refractivity contribution is 7.89. The van der Waals surface area contributed by atoms with E-state index in [2.05, 4.69) is 17.5 Å². The van der Waals surface area contributed by atoms with Gasteiger partial charge in [-0.15, -0.1) is 0 Å². The number of carbonyl (C=O) groups excluding carboxylic acids is 1. The van der Waals surface area contributed by atoms with E-state index >= 15 is 0 Å². The Bertz CT molecular complexity index is 707. The fourth-order valence-corrected chi connectivity index (χ4v) is 4.14. The molecule has 0 saturated heterocycles. The first-order chi connectivity index (χ1) is 10.4. The zero-order valence-electron chi connectivity index (χ0n) is 12.7. The van der Waals surface area contributed by atoms with E-state index in [1.165, 1.54) is 30.5 Å². The van der Waals surface area contributed by atoms with Gasteiger partial charge in [-0.25, -0.2) is 12.7 Å². The van der Waals surface area contributed by atoms with E-state index in [1.54, 1.807) is 12.1 Å². The van der Waals surface area contributed by atoms with Crippen LogP contribution < -0.4 is 5.32 Å². The van der Waals surface area contributed by atoms with Crippen LogP contribution in [0, 0.1) is 17.8 Å². The molecule has 0 spiro atoms. The van der Waals surface area contributed by atoms with Crippen molar-refractivity contribution in [1.29, 1.82) is 0 Å². The Balaban J connectivity index is 1.69. The number of benzene rings is 1. The number of amides is 1. The van der Waals surface area contributed by atoms with Crippen LogP contribution in [0.15, 0.2) is 41.3 Å². The van der Waals surface area contributed by atoms with Crippen molar-refractivity contribution < 1.29 is 13.2 Å². The smallest absolute Gasteiger partial charge is 0.242 e. The standard InChI is InChI=1S/C16H20N2O3S/c1-18(2)22(20,21)14-7-5-13(6-8-14)17-16(19)15-10-11-3-4-12(15)9-11/h3-8,11-12,15H,9-10H2,1-2H3,(H,17,19)/t11-,12+,15-/m1/s1. The minimum atomic E-state index is -3.43. The molecule has 22 heavy (non-hydrogen) atoms. The van der Waals surface area contributed by atoms with Gasteiger partial charge in [0.2, 0.25) is 15.9 Å². The SMILES string of the molecule is CN(C)S(=O)(=O)c1ccc(NC(=O)[C@@H]2C[C@@H]3C=C[C@H]2C3)cc1. The van der Waals surface area contributed by atoms with E-state index in [0.717, 1.165) is 12.8 Å². The van der Waals surface area contributed by atoms with Crippen molar-refractivity contribution in [2.75, 3.05) is 19.4 Å². The quantitative estimate of drug-likeness (QED) is 0.864. The molecule has 1 aromatic carbocycles. The molecular formula is C16H20N2O3S. The first-order valence-electron chi connectivity index (χ1n) is 7.39. The van der Waals surface area contributed by atoms with Gasteiger partial charge in [-0.1, -0.05) is 12.2 Å². The van der Waals surface area contributed by atoms with Crippen molar-refractivity contribution in [3.63, 3.8) is 0 Å². The van der Waals surface area contributed by atoms with Crippen LogP contribution in [0.3, 0.4) is 0 Å². The first kappa shape index (κ1) is 15.2. The van der Waals surface area contributed by atoms with Crippen molar-refractivity contribution in [3.05, 3.63) is 36.4 Å². The molecule has 1 aromatic rings. The largest absolute Gasteiger partial charge is 0.326 e. The Morgan fingerprint density at radius 2 is 1.82 bits per heavy atom. The summed E-state index contributed by atoms with van der Waals surface area (Å²) in [5.41, 5.74) is 0.634. The minimum absolute atomic E-state index is 0.0278. The van der Waals surface area contributed by atoms with Crippen molar-refractivity contribution >= 4 is 21.6 Å². The summed E-state index contributed by atoms with van der Waals surface area (Å²) in [5, 5.41) is 2.90. The predicted octanol–water partition coefficient (Wildman–Crippen LogP) is 2.09. The van der Waals surface area contributed by atoms with E-state index in [4.69, 9.17) is 0 Å². The number of nitrogens with one attached hydrogen (secondary N) is 1. The molecule has 2 bridgehead atoms. The van der Waals surface area contributed by atoms with Gasteiger partial charge in [0.25, 0.3) is 0 Å². The Morgan fingerprint density at radius 1 is 1.14 bits per heavy atom. The lowest BCUT2D eigenvalue weighted by Gasteiger charge is -2.18. The second kappa shape index (κ2) is 5.52. The Morgan fingerprint density at radius 3 is 2.32 bits per heavy atom. The summed E-state index contributed by atoms with van der Waals surface area (Å²) in [6.45, 7) is 0. The van der Waals surface area contributed by atoms with Crippen LogP contribution in [-0.4, -0.2) is 32.7 Å². The van der Waals surface area contributed by atoms with Crippen LogP contribution in [0.1, 0.15) is 12.8 Å². The molecule has 0 unspecified atom stereocenters. The first-order valence-corrected chi connectivity index (χ1v) is 8.84. The molecule has 0 aromatic heterocycles. The van der Waals surface area contributed by atoms with E-state index in [0.29, 0.717) is 17.5 Å². The second-order valence-electron chi connectivity index (χ2n) is 6.19. The lowest BCUT2D eigenvalue weighted by Crippen LogP contribution is -2.26. The molecule has 6 heteroatoms. The number of hydrogen-bond donors (Lipinski definition) is 1. The molecule has 0 aliphatic heterocycles. The average Bonchev–Trinajstić information content (AvgIpc) is 3.10. The van der Waals surface area contributed by atoms with E-state index < -0.39 is 10.0 Å². The van der Waals surface area contributed by atoms with Crippen LogP contribution in [-0.2, 0) is 14.8 Å². The minimum Gasteiger partial charge on any atom is -0.326 e. The maximum absolute atomic E-state index is 12.3. The third-order valence-electron chi connectivity index (χ3n) is 4.52. The van der Waals surface area contributed by atoms with Crippen molar-refractivity contribution in [2.45, 2.75) is 17.7 Å². The lowest BCUT2D eigenvalue weighted by atomic mass is 9.93. The van der Waals surface area contributed by atoms with Crippen LogP contribution in [0.5, 0.6) is 0 Å². The predicted molar refractivity (Wildman–Crippen MR) is 84.8 cm³/mol. The number of anilines is 1. The summed E-state index contributed by atoms with van der Waals surface area (Å²) in [4.78, 5) is 12.5. The third kappa shape index (κ3) is 2.68. The number of rotatable bonds is 4. The highest BCUT2D eigenvalue weighted by atomic mass is 32.2. The number of carbonyl (C=O) groups is 1. The topological polar surface area (TPSA) is 66.5 Å². The molecule has 2 aliphatic carbocycles. The lowest BCUT2D eigenvalue weighted by molar-refractivity contribution is -0.120. The molecule has 1 fully saturated rings. The zero-order valence-corrected chi connectivity index (χ0v) is 13.5. The molecule has 2 aliphatic rings. The van der Waals surface area contributed by atoms with Gasteiger partial charge in [0, 0.05) is 25.7 Å². The van der Waals surface area contributed by atoms with Gasteiger partial charge in [0.05, 0.1) is 4.90 Å². The molecule has 1 N–H and O–H groups in total. The van der Waals surface area contributed by atoms with Gasteiger partial charge in [-0.3, -0.25) is 4.79 Å². The Labute approximate surface area is 131 Å². The summed E-state index contributed by atoms with van der Waals surface area (Å²) >= 11 is 0. The fourth-order valence-electron chi connectivity index (χ4n) is 3.24. The van der Waals surface area contributed by atoms with E-state index in [1.807, 2.05) is 0 Å². The molecule has 3 rings (SSSR count).